The van der Waals surface area contributed by atoms with Crippen molar-refractivity contribution in [2.24, 2.45) is 5.92 Å². The van der Waals surface area contributed by atoms with Gasteiger partial charge in [0, 0.05) is 24.7 Å². The molecular weight excluding hydrogens is 286 g/mol. The van der Waals surface area contributed by atoms with E-state index in [9.17, 15) is 8.42 Å². The van der Waals surface area contributed by atoms with Gasteiger partial charge in [-0.2, -0.15) is 17.4 Å². The van der Waals surface area contributed by atoms with Gasteiger partial charge in [-0.25, -0.2) is 0 Å². The standard InChI is InChI=1S/C15H29N3O2S/c1-15(8-2-3-9-15)17-21(19,20)18-10-6-13(7-11-18)12-16-14-4-5-14/h13-14,16-17H,2-12H2,1H3. The molecule has 122 valence electrons. The van der Waals surface area contributed by atoms with Crippen molar-refractivity contribution in [1.29, 1.82) is 0 Å². The van der Waals surface area contributed by atoms with Gasteiger partial charge in [0.15, 0.2) is 0 Å². The summed E-state index contributed by atoms with van der Waals surface area (Å²) in [6, 6.07) is 0.746. The molecule has 21 heavy (non-hydrogen) atoms. The molecule has 3 aliphatic rings. The van der Waals surface area contributed by atoms with Gasteiger partial charge in [0.2, 0.25) is 0 Å². The molecule has 0 aromatic heterocycles. The van der Waals surface area contributed by atoms with Crippen LogP contribution in [0, 0.1) is 5.92 Å². The Balaban J connectivity index is 1.47. The van der Waals surface area contributed by atoms with Crippen LogP contribution in [-0.2, 0) is 10.2 Å². The van der Waals surface area contributed by atoms with Crippen molar-refractivity contribution in [2.45, 2.75) is 69.9 Å². The van der Waals surface area contributed by atoms with Crippen LogP contribution in [0.15, 0.2) is 0 Å². The third kappa shape index (κ3) is 4.18. The Morgan fingerprint density at radius 2 is 1.71 bits per heavy atom. The Labute approximate surface area is 129 Å². The van der Waals surface area contributed by atoms with E-state index in [1.165, 1.54) is 12.8 Å². The first kappa shape index (κ1) is 15.7. The second kappa shape index (κ2) is 6.14. The number of rotatable bonds is 6. The fourth-order valence-electron chi connectivity index (χ4n) is 3.61. The number of nitrogens with one attached hydrogen (secondary N) is 2. The van der Waals surface area contributed by atoms with Crippen molar-refractivity contribution < 1.29 is 8.42 Å². The topological polar surface area (TPSA) is 61.4 Å². The van der Waals surface area contributed by atoms with Gasteiger partial charge in [0.05, 0.1) is 0 Å². The molecule has 6 heteroatoms. The maximum atomic E-state index is 12.5. The van der Waals surface area contributed by atoms with Crippen LogP contribution in [0.3, 0.4) is 0 Å². The predicted molar refractivity (Wildman–Crippen MR) is 84.3 cm³/mol. The fraction of sp³-hybridized carbons (Fsp3) is 1.00. The molecule has 3 rings (SSSR count). The number of hydrogen-bond donors (Lipinski definition) is 2. The van der Waals surface area contributed by atoms with Crippen molar-refractivity contribution in [3.63, 3.8) is 0 Å². The molecule has 2 aliphatic carbocycles. The summed E-state index contributed by atoms with van der Waals surface area (Å²) in [4.78, 5) is 0. The second-order valence-electron chi connectivity index (χ2n) is 7.40. The molecular formula is C15H29N3O2S. The maximum absolute atomic E-state index is 12.5. The Hall–Kier alpha value is -0.170. The van der Waals surface area contributed by atoms with E-state index < -0.39 is 10.2 Å². The highest BCUT2D eigenvalue weighted by Crippen LogP contribution is 2.30. The highest BCUT2D eigenvalue weighted by molar-refractivity contribution is 7.87. The Morgan fingerprint density at radius 3 is 2.29 bits per heavy atom. The molecule has 1 saturated heterocycles. The summed E-state index contributed by atoms with van der Waals surface area (Å²) < 4.78 is 29.7. The third-order valence-electron chi connectivity index (χ3n) is 5.27. The minimum Gasteiger partial charge on any atom is -0.314 e. The van der Waals surface area contributed by atoms with Crippen LogP contribution in [0.4, 0.5) is 0 Å². The van der Waals surface area contributed by atoms with Crippen LogP contribution in [0.2, 0.25) is 0 Å². The lowest BCUT2D eigenvalue weighted by atomic mass is 9.98. The van der Waals surface area contributed by atoms with Crippen LogP contribution < -0.4 is 10.0 Å². The van der Waals surface area contributed by atoms with Gasteiger partial charge in [-0.05, 0) is 57.9 Å². The van der Waals surface area contributed by atoms with Crippen molar-refractivity contribution in [1.82, 2.24) is 14.3 Å². The average molecular weight is 315 g/mol. The summed E-state index contributed by atoms with van der Waals surface area (Å²) in [6.07, 6.45) is 8.80. The van der Waals surface area contributed by atoms with E-state index in [0.29, 0.717) is 19.0 Å². The molecule has 5 nitrogen and oxygen atoms in total. The van der Waals surface area contributed by atoms with E-state index >= 15 is 0 Å². The monoisotopic (exact) mass is 315 g/mol. The molecule has 1 aliphatic heterocycles. The molecule has 2 saturated carbocycles. The van der Waals surface area contributed by atoms with E-state index in [-0.39, 0.29) is 5.54 Å². The molecule has 0 aromatic carbocycles. The average Bonchev–Trinajstić information content (AvgIpc) is 3.18. The van der Waals surface area contributed by atoms with Gasteiger partial charge in [-0.1, -0.05) is 12.8 Å². The Morgan fingerprint density at radius 1 is 1.10 bits per heavy atom. The van der Waals surface area contributed by atoms with Crippen molar-refractivity contribution in [2.75, 3.05) is 19.6 Å². The van der Waals surface area contributed by atoms with Crippen molar-refractivity contribution in [3.8, 4) is 0 Å². The third-order valence-corrected chi connectivity index (χ3v) is 7.06. The first-order chi connectivity index (χ1) is 9.97. The smallest absolute Gasteiger partial charge is 0.279 e. The molecule has 1 heterocycles. The lowest BCUT2D eigenvalue weighted by Crippen LogP contribution is -2.52. The zero-order chi connectivity index (χ0) is 14.9. The summed E-state index contributed by atoms with van der Waals surface area (Å²) in [7, 11) is -3.30. The molecule has 0 aromatic rings. The minimum atomic E-state index is -3.30. The first-order valence-corrected chi connectivity index (χ1v) is 9.93. The van der Waals surface area contributed by atoms with Gasteiger partial charge in [-0.3, -0.25) is 0 Å². The molecule has 0 bridgehead atoms. The molecule has 0 amide bonds. The van der Waals surface area contributed by atoms with Crippen molar-refractivity contribution in [3.05, 3.63) is 0 Å². The van der Waals surface area contributed by atoms with Crippen LogP contribution in [0.5, 0.6) is 0 Å². The molecule has 0 radical (unpaired) electrons. The Kier molecular flexibility index (Phi) is 4.60. The largest absolute Gasteiger partial charge is 0.314 e. The molecule has 0 spiro atoms. The van der Waals surface area contributed by atoms with E-state index in [4.69, 9.17) is 0 Å². The molecule has 3 fully saturated rings. The van der Waals surface area contributed by atoms with E-state index in [1.807, 2.05) is 6.92 Å². The van der Waals surface area contributed by atoms with Gasteiger partial charge >= 0.3 is 0 Å². The summed E-state index contributed by atoms with van der Waals surface area (Å²) in [6.45, 7) is 4.44. The van der Waals surface area contributed by atoms with E-state index in [0.717, 1.165) is 51.1 Å². The highest BCUT2D eigenvalue weighted by Gasteiger charge is 2.36. The molecule has 0 atom stereocenters. The van der Waals surface area contributed by atoms with Crippen LogP contribution in [-0.4, -0.2) is 43.9 Å². The molecule has 2 N–H and O–H groups in total. The maximum Gasteiger partial charge on any atom is 0.279 e. The van der Waals surface area contributed by atoms with Gasteiger partial charge in [0.25, 0.3) is 10.2 Å². The Bertz CT molecular complexity index is 448. The van der Waals surface area contributed by atoms with Gasteiger partial charge < -0.3 is 5.32 Å². The number of piperidine rings is 1. The zero-order valence-corrected chi connectivity index (χ0v) is 13.9. The van der Waals surface area contributed by atoms with Crippen LogP contribution in [0.25, 0.3) is 0 Å². The van der Waals surface area contributed by atoms with Crippen molar-refractivity contribution >= 4 is 10.2 Å². The highest BCUT2D eigenvalue weighted by atomic mass is 32.2. The summed E-state index contributed by atoms with van der Waals surface area (Å²) >= 11 is 0. The van der Waals surface area contributed by atoms with E-state index in [1.54, 1.807) is 4.31 Å². The molecule has 0 unspecified atom stereocenters. The number of hydrogen-bond acceptors (Lipinski definition) is 3. The zero-order valence-electron chi connectivity index (χ0n) is 13.1. The fourth-order valence-corrected chi connectivity index (χ4v) is 5.26. The summed E-state index contributed by atoms with van der Waals surface area (Å²) in [5.74, 6) is 0.638. The normalized spacial score (nSPS) is 28.0. The lowest BCUT2D eigenvalue weighted by molar-refractivity contribution is 0.260. The first-order valence-electron chi connectivity index (χ1n) is 8.49. The quantitative estimate of drug-likeness (QED) is 0.783. The van der Waals surface area contributed by atoms with E-state index in [2.05, 4.69) is 10.0 Å². The summed E-state index contributed by atoms with van der Waals surface area (Å²) in [5.41, 5.74) is -0.219. The minimum absolute atomic E-state index is 0.219. The second-order valence-corrected chi connectivity index (χ2v) is 9.07. The summed E-state index contributed by atoms with van der Waals surface area (Å²) in [5, 5.41) is 3.56. The SMILES string of the molecule is CC1(NS(=O)(=O)N2CCC(CNC3CC3)CC2)CCCC1. The van der Waals surface area contributed by atoms with Gasteiger partial charge in [0.1, 0.15) is 0 Å². The lowest BCUT2D eigenvalue weighted by Gasteiger charge is -2.34. The van der Waals surface area contributed by atoms with Crippen LogP contribution >= 0.6 is 0 Å². The predicted octanol–water partition coefficient (Wildman–Crippen LogP) is 1.62. The van der Waals surface area contributed by atoms with Crippen LogP contribution in [0.1, 0.15) is 58.3 Å². The number of nitrogens with zero attached hydrogens (tertiary/aromatic N) is 1. The van der Waals surface area contributed by atoms with Gasteiger partial charge in [-0.15, -0.1) is 0 Å².